The lowest BCUT2D eigenvalue weighted by Crippen LogP contribution is -2.42. The van der Waals surface area contributed by atoms with Crippen LogP contribution >= 0.6 is 0 Å². The third-order valence-electron chi connectivity index (χ3n) is 5.62. The van der Waals surface area contributed by atoms with E-state index in [1.165, 1.54) is 0 Å². The van der Waals surface area contributed by atoms with Gasteiger partial charge in [0, 0.05) is 43.4 Å². The van der Waals surface area contributed by atoms with Gasteiger partial charge in [-0.15, -0.1) is 0 Å². The van der Waals surface area contributed by atoms with Gasteiger partial charge in [0.15, 0.2) is 5.65 Å². The minimum absolute atomic E-state index is 0.0294. The summed E-state index contributed by atoms with van der Waals surface area (Å²) in [6, 6.07) is 1.85. The van der Waals surface area contributed by atoms with Crippen molar-refractivity contribution >= 4 is 17.3 Å². The molecule has 9 heteroatoms. The van der Waals surface area contributed by atoms with E-state index in [1.807, 2.05) is 33.8 Å². The highest BCUT2D eigenvalue weighted by Crippen LogP contribution is 2.28. The maximum atomic E-state index is 13.5. The molecule has 3 aromatic heterocycles. The van der Waals surface area contributed by atoms with Crippen LogP contribution in [0.2, 0.25) is 0 Å². The Morgan fingerprint density at radius 3 is 2.41 bits per heavy atom. The van der Waals surface area contributed by atoms with E-state index in [9.17, 15) is 9.59 Å². The number of likely N-dealkylation sites (tertiary alicyclic amines) is 1. The Bertz CT molecular complexity index is 1190. The Balaban J connectivity index is 1.63. The summed E-state index contributed by atoms with van der Waals surface area (Å²) in [5, 5.41) is 0. The Morgan fingerprint density at radius 2 is 1.72 bits per heavy atom. The van der Waals surface area contributed by atoms with Crippen molar-refractivity contribution in [3.63, 3.8) is 0 Å². The summed E-state index contributed by atoms with van der Waals surface area (Å²) < 4.78 is 7.12. The summed E-state index contributed by atoms with van der Waals surface area (Å²) in [5.74, 6) is 0.0294. The molecule has 1 fully saturated rings. The molecule has 0 unspecified atom stereocenters. The molecule has 0 bridgehead atoms. The number of hydrogen-bond acceptors (Lipinski definition) is 7. The lowest BCUT2D eigenvalue weighted by atomic mass is 9.90. The maximum Gasteiger partial charge on any atom is 0.410 e. The summed E-state index contributed by atoms with van der Waals surface area (Å²) in [4.78, 5) is 45.2. The van der Waals surface area contributed by atoms with E-state index >= 15 is 0 Å². The van der Waals surface area contributed by atoms with E-state index < -0.39 is 5.60 Å². The molecule has 32 heavy (non-hydrogen) atoms. The predicted molar refractivity (Wildman–Crippen MR) is 119 cm³/mol. The minimum Gasteiger partial charge on any atom is -0.444 e. The van der Waals surface area contributed by atoms with Crippen LogP contribution in [0.1, 0.15) is 56.5 Å². The van der Waals surface area contributed by atoms with Crippen LogP contribution < -0.4 is 5.56 Å². The number of carbonyl (C=O) groups is 1. The second-order valence-corrected chi connectivity index (χ2v) is 9.09. The van der Waals surface area contributed by atoms with Crippen molar-refractivity contribution in [2.45, 2.75) is 58.6 Å². The molecule has 4 rings (SSSR count). The zero-order valence-electron chi connectivity index (χ0n) is 18.9. The number of pyridine rings is 1. The first-order valence-corrected chi connectivity index (χ1v) is 10.8. The van der Waals surface area contributed by atoms with Crippen LogP contribution in [0.3, 0.4) is 0 Å². The maximum absolute atomic E-state index is 13.5. The Hall–Kier alpha value is -3.36. The average molecular weight is 437 g/mol. The van der Waals surface area contributed by atoms with Crippen LogP contribution in [0.5, 0.6) is 0 Å². The fraction of sp³-hybridized carbons (Fsp3) is 0.478. The van der Waals surface area contributed by atoms with Crippen LogP contribution in [0.15, 0.2) is 35.6 Å². The summed E-state index contributed by atoms with van der Waals surface area (Å²) in [6.45, 7) is 8.80. The first-order chi connectivity index (χ1) is 15.2. The van der Waals surface area contributed by atoms with Gasteiger partial charge in [0.25, 0.3) is 5.56 Å². The first-order valence-electron chi connectivity index (χ1n) is 10.8. The standard InChI is InChI=1S/C23H28N6O3/c1-15-19(26-8-7-24-15)14-29-20-18(25-9-10-27-20)13-17(21(29)30)16-5-11-28(12-6-16)22(31)32-23(2,3)4/h7-10,13,16H,5-6,11-12,14H2,1-4H3. The molecule has 0 atom stereocenters. The quantitative estimate of drug-likeness (QED) is 0.622. The molecule has 0 aromatic carbocycles. The molecule has 1 aliphatic rings. The van der Waals surface area contributed by atoms with Crippen LogP contribution in [0.25, 0.3) is 11.2 Å². The van der Waals surface area contributed by atoms with Gasteiger partial charge in [-0.3, -0.25) is 24.3 Å². The number of fused-ring (bicyclic) bond motifs is 1. The molecule has 3 aromatic rings. The average Bonchev–Trinajstić information content (AvgIpc) is 2.76. The van der Waals surface area contributed by atoms with Gasteiger partial charge >= 0.3 is 6.09 Å². The largest absolute Gasteiger partial charge is 0.444 e. The lowest BCUT2D eigenvalue weighted by molar-refractivity contribution is 0.0204. The monoisotopic (exact) mass is 436 g/mol. The normalized spacial score (nSPS) is 15.2. The van der Waals surface area contributed by atoms with Crippen molar-refractivity contribution < 1.29 is 9.53 Å². The van der Waals surface area contributed by atoms with Crippen molar-refractivity contribution in [2.24, 2.45) is 0 Å². The number of ether oxygens (including phenoxy) is 1. The highest BCUT2D eigenvalue weighted by Gasteiger charge is 2.29. The molecular weight excluding hydrogens is 408 g/mol. The van der Waals surface area contributed by atoms with Crippen LogP contribution in [-0.2, 0) is 11.3 Å². The van der Waals surface area contributed by atoms with E-state index in [4.69, 9.17) is 4.74 Å². The van der Waals surface area contributed by atoms with Crippen molar-refractivity contribution in [3.05, 3.63) is 58.2 Å². The molecule has 0 saturated carbocycles. The van der Waals surface area contributed by atoms with Gasteiger partial charge in [-0.25, -0.2) is 9.78 Å². The molecule has 0 N–H and O–H groups in total. The van der Waals surface area contributed by atoms with Crippen molar-refractivity contribution in [1.82, 2.24) is 29.4 Å². The van der Waals surface area contributed by atoms with E-state index in [1.54, 1.807) is 34.3 Å². The highest BCUT2D eigenvalue weighted by molar-refractivity contribution is 5.71. The molecule has 1 amide bonds. The van der Waals surface area contributed by atoms with Crippen LogP contribution in [-0.4, -0.2) is 54.2 Å². The summed E-state index contributed by atoms with van der Waals surface area (Å²) in [6.07, 6.45) is 7.53. The fourth-order valence-corrected chi connectivity index (χ4v) is 3.99. The molecular formula is C23H28N6O3. The molecule has 168 valence electrons. The Morgan fingerprint density at radius 1 is 1.06 bits per heavy atom. The zero-order valence-corrected chi connectivity index (χ0v) is 18.9. The number of aryl methyl sites for hydroxylation is 1. The number of amides is 1. The lowest BCUT2D eigenvalue weighted by Gasteiger charge is -2.33. The van der Waals surface area contributed by atoms with Crippen LogP contribution in [0.4, 0.5) is 4.79 Å². The van der Waals surface area contributed by atoms with Gasteiger partial charge in [-0.2, -0.15) is 0 Å². The minimum atomic E-state index is -0.531. The Labute approximate surface area is 186 Å². The molecule has 1 aliphatic heterocycles. The first kappa shape index (κ1) is 21.9. The number of nitrogens with zero attached hydrogens (tertiary/aromatic N) is 6. The number of aromatic nitrogens is 5. The van der Waals surface area contributed by atoms with E-state index in [2.05, 4.69) is 19.9 Å². The zero-order chi connectivity index (χ0) is 22.9. The van der Waals surface area contributed by atoms with Gasteiger partial charge < -0.3 is 9.64 Å². The molecule has 9 nitrogen and oxygen atoms in total. The SMILES string of the molecule is Cc1nccnc1Cn1c(=O)c(C2CCN(C(=O)OC(C)(C)C)CC2)cc2nccnc21. The van der Waals surface area contributed by atoms with Crippen molar-refractivity contribution in [3.8, 4) is 0 Å². The summed E-state index contributed by atoms with van der Waals surface area (Å²) in [5.41, 5.74) is 2.75. The molecule has 0 aliphatic carbocycles. The number of carbonyl (C=O) groups excluding carboxylic acids is 1. The topological polar surface area (TPSA) is 103 Å². The summed E-state index contributed by atoms with van der Waals surface area (Å²) >= 11 is 0. The van der Waals surface area contributed by atoms with Gasteiger partial charge in [0.2, 0.25) is 0 Å². The summed E-state index contributed by atoms with van der Waals surface area (Å²) in [7, 11) is 0. The third kappa shape index (κ3) is 4.61. The molecule has 0 radical (unpaired) electrons. The van der Waals surface area contributed by atoms with Crippen molar-refractivity contribution in [2.75, 3.05) is 13.1 Å². The van der Waals surface area contributed by atoms with Gasteiger partial charge in [-0.05, 0) is 52.5 Å². The molecule has 1 saturated heterocycles. The second kappa shape index (κ2) is 8.64. The van der Waals surface area contributed by atoms with E-state index in [-0.39, 0.29) is 24.1 Å². The second-order valence-electron chi connectivity index (χ2n) is 9.09. The van der Waals surface area contributed by atoms with E-state index in [0.717, 1.165) is 11.4 Å². The molecule has 4 heterocycles. The number of piperidine rings is 1. The van der Waals surface area contributed by atoms with Crippen LogP contribution in [0, 0.1) is 6.92 Å². The van der Waals surface area contributed by atoms with E-state index in [0.29, 0.717) is 42.7 Å². The highest BCUT2D eigenvalue weighted by atomic mass is 16.6. The van der Waals surface area contributed by atoms with Gasteiger partial charge in [0.1, 0.15) is 11.1 Å². The smallest absolute Gasteiger partial charge is 0.410 e. The number of hydrogen-bond donors (Lipinski definition) is 0. The Kier molecular flexibility index (Phi) is 5.90. The third-order valence-corrected chi connectivity index (χ3v) is 5.62. The number of rotatable bonds is 3. The van der Waals surface area contributed by atoms with Crippen molar-refractivity contribution in [1.29, 1.82) is 0 Å². The van der Waals surface area contributed by atoms with Gasteiger partial charge in [0.05, 0.1) is 17.9 Å². The molecule has 0 spiro atoms. The predicted octanol–water partition coefficient (Wildman–Crippen LogP) is 3.05. The van der Waals surface area contributed by atoms with Gasteiger partial charge in [-0.1, -0.05) is 0 Å². The fourth-order valence-electron chi connectivity index (χ4n) is 3.99.